The van der Waals surface area contributed by atoms with E-state index in [4.69, 9.17) is 10.5 Å². The summed E-state index contributed by atoms with van der Waals surface area (Å²) in [5, 5.41) is 27.4. The molecule has 0 aliphatic carbocycles. The van der Waals surface area contributed by atoms with Crippen molar-refractivity contribution in [3.63, 3.8) is 0 Å². The van der Waals surface area contributed by atoms with E-state index < -0.39 is 17.4 Å². The Morgan fingerprint density at radius 1 is 1.35 bits per heavy atom. The number of carbonyl (C=O) groups is 1. The van der Waals surface area contributed by atoms with Gasteiger partial charge >= 0.3 is 6.09 Å². The summed E-state index contributed by atoms with van der Waals surface area (Å²) in [6, 6.07) is 11.7. The molecule has 31 heavy (non-hydrogen) atoms. The lowest BCUT2D eigenvalue weighted by Gasteiger charge is -2.41. The number of aliphatic hydroxyl groups is 1. The number of likely N-dealkylation sites (tertiary alicyclic amines) is 1. The van der Waals surface area contributed by atoms with Crippen molar-refractivity contribution < 1.29 is 14.6 Å². The van der Waals surface area contributed by atoms with E-state index in [9.17, 15) is 15.2 Å². The standard InChI is InChI=1S/C22H30N6O3/c1-21(2,3)31-20(30)27-13-10-22(9-12-23,11-14-27)28-15-17(18(24)29)19(26-28)25-16-7-5-4-6-8-16/h4-8,15,18,29H,9-11,13-14,24H2,1-3H3,(H,25,26). The molecule has 1 unspecified atom stereocenters. The van der Waals surface area contributed by atoms with Gasteiger partial charge in [0.05, 0.1) is 23.6 Å². The molecule has 2 heterocycles. The zero-order valence-corrected chi connectivity index (χ0v) is 18.2. The number of ether oxygens (including phenoxy) is 1. The highest BCUT2D eigenvalue weighted by atomic mass is 16.6. The molecule has 1 amide bonds. The minimum absolute atomic E-state index is 0.224. The van der Waals surface area contributed by atoms with Gasteiger partial charge in [-0.05, 0) is 45.7 Å². The van der Waals surface area contributed by atoms with E-state index in [0.717, 1.165) is 5.69 Å². The molecule has 0 bridgehead atoms. The Balaban J connectivity index is 1.84. The van der Waals surface area contributed by atoms with Crippen LogP contribution in [0, 0.1) is 11.3 Å². The summed E-state index contributed by atoms with van der Waals surface area (Å²) in [6.07, 6.45) is 1.40. The van der Waals surface area contributed by atoms with Crippen LogP contribution < -0.4 is 11.1 Å². The molecule has 9 nitrogen and oxygen atoms in total. The van der Waals surface area contributed by atoms with Crippen LogP contribution in [-0.4, -0.2) is 44.6 Å². The van der Waals surface area contributed by atoms with Crippen LogP contribution in [0.15, 0.2) is 36.5 Å². The summed E-state index contributed by atoms with van der Waals surface area (Å²) in [4.78, 5) is 14.1. The predicted molar refractivity (Wildman–Crippen MR) is 116 cm³/mol. The fourth-order valence-electron chi connectivity index (χ4n) is 3.67. The van der Waals surface area contributed by atoms with Crippen molar-refractivity contribution >= 4 is 17.6 Å². The molecule has 1 aromatic heterocycles. The van der Waals surface area contributed by atoms with Gasteiger partial charge in [0, 0.05) is 25.0 Å². The van der Waals surface area contributed by atoms with Gasteiger partial charge in [0.25, 0.3) is 0 Å². The second-order valence-electron chi connectivity index (χ2n) is 8.84. The lowest BCUT2D eigenvalue weighted by molar-refractivity contribution is 0.0105. The highest BCUT2D eigenvalue weighted by Crippen LogP contribution is 2.36. The van der Waals surface area contributed by atoms with E-state index in [-0.39, 0.29) is 12.5 Å². The molecule has 1 aromatic carbocycles. The Bertz CT molecular complexity index is 934. The number of amides is 1. The fraction of sp³-hybridized carbons (Fsp3) is 0.500. The van der Waals surface area contributed by atoms with Crippen LogP contribution in [0.1, 0.15) is 51.8 Å². The first-order valence-electron chi connectivity index (χ1n) is 10.3. The Morgan fingerprint density at radius 3 is 2.55 bits per heavy atom. The van der Waals surface area contributed by atoms with E-state index in [1.54, 1.807) is 15.8 Å². The number of nitriles is 1. The number of aromatic nitrogens is 2. The maximum atomic E-state index is 12.4. The normalized spacial score (nSPS) is 17.0. The topological polar surface area (TPSA) is 129 Å². The molecule has 0 spiro atoms. The number of aliphatic hydroxyl groups excluding tert-OH is 1. The monoisotopic (exact) mass is 426 g/mol. The van der Waals surface area contributed by atoms with Crippen LogP contribution in [0.3, 0.4) is 0 Å². The SMILES string of the molecule is CC(C)(C)OC(=O)N1CCC(CC#N)(n2cc(C(N)O)c(Nc3ccccc3)n2)CC1. The summed E-state index contributed by atoms with van der Waals surface area (Å²) < 4.78 is 7.19. The van der Waals surface area contributed by atoms with Crippen LogP contribution in [0.2, 0.25) is 0 Å². The zero-order chi connectivity index (χ0) is 22.6. The molecule has 0 saturated carbocycles. The van der Waals surface area contributed by atoms with E-state index in [1.807, 2.05) is 51.1 Å². The maximum absolute atomic E-state index is 12.4. The molecular weight excluding hydrogens is 396 g/mol. The number of hydrogen-bond donors (Lipinski definition) is 3. The van der Waals surface area contributed by atoms with Gasteiger partial charge in [-0.15, -0.1) is 0 Å². The third kappa shape index (κ3) is 5.34. The smallest absolute Gasteiger partial charge is 0.410 e. The van der Waals surface area contributed by atoms with Crippen molar-refractivity contribution in [2.24, 2.45) is 5.73 Å². The highest BCUT2D eigenvalue weighted by molar-refractivity contribution is 5.68. The van der Waals surface area contributed by atoms with Crippen LogP contribution in [0.5, 0.6) is 0 Å². The Hall–Kier alpha value is -3.09. The molecule has 1 atom stereocenters. The van der Waals surface area contributed by atoms with Gasteiger partial charge < -0.3 is 25.8 Å². The number of nitrogens with zero attached hydrogens (tertiary/aromatic N) is 4. The molecule has 0 radical (unpaired) electrons. The van der Waals surface area contributed by atoms with Crippen molar-refractivity contribution in [3.8, 4) is 6.07 Å². The third-order valence-corrected chi connectivity index (χ3v) is 5.34. The van der Waals surface area contributed by atoms with Gasteiger partial charge in [-0.2, -0.15) is 10.4 Å². The molecule has 4 N–H and O–H groups in total. The van der Waals surface area contributed by atoms with Crippen molar-refractivity contribution in [3.05, 3.63) is 42.1 Å². The van der Waals surface area contributed by atoms with Gasteiger partial charge in [-0.25, -0.2) is 4.79 Å². The van der Waals surface area contributed by atoms with Crippen LogP contribution in [0.25, 0.3) is 0 Å². The molecule has 1 aliphatic heterocycles. The van der Waals surface area contributed by atoms with Gasteiger partial charge in [-0.3, -0.25) is 4.68 Å². The lowest BCUT2D eigenvalue weighted by Crippen LogP contribution is -2.49. The van der Waals surface area contributed by atoms with E-state index in [0.29, 0.717) is 37.3 Å². The molecule has 1 fully saturated rings. The number of nitrogens with two attached hydrogens (primary N) is 1. The number of benzene rings is 1. The average molecular weight is 427 g/mol. The predicted octanol–water partition coefficient (Wildman–Crippen LogP) is 3.22. The van der Waals surface area contributed by atoms with E-state index in [2.05, 4.69) is 16.5 Å². The molecule has 2 aromatic rings. The Kier molecular flexibility index (Phi) is 6.53. The summed E-state index contributed by atoms with van der Waals surface area (Å²) in [7, 11) is 0. The molecular formula is C22H30N6O3. The zero-order valence-electron chi connectivity index (χ0n) is 18.2. The number of rotatable bonds is 5. The summed E-state index contributed by atoms with van der Waals surface area (Å²) in [5.74, 6) is 0.438. The fourth-order valence-corrected chi connectivity index (χ4v) is 3.67. The first-order valence-corrected chi connectivity index (χ1v) is 10.3. The first-order chi connectivity index (χ1) is 14.6. The summed E-state index contributed by atoms with van der Waals surface area (Å²) >= 11 is 0. The number of anilines is 2. The maximum Gasteiger partial charge on any atom is 0.410 e. The van der Waals surface area contributed by atoms with Gasteiger partial charge in [0.2, 0.25) is 0 Å². The molecule has 3 rings (SSSR count). The number of carbonyl (C=O) groups excluding carboxylic acids is 1. The number of piperidine rings is 1. The molecule has 1 aliphatic rings. The minimum atomic E-state index is -1.22. The van der Waals surface area contributed by atoms with E-state index in [1.165, 1.54) is 0 Å². The minimum Gasteiger partial charge on any atom is -0.444 e. The van der Waals surface area contributed by atoms with Crippen molar-refractivity contribution in [2.45, 2.75) is 57.4 Å². The van der Waals surface area contributed by atoms with Crippen LogP contribution in [0.4, 0.5) is 16.3 Å². The highest BCUT2D eigenvalue weighted by Gasteiger charge is 2.40. The number of para-hydroxylation sites is 1. The number of hydrogen-bond acceptors (Lipinski definition) is 7. The van der Waals surface area contributed by atoms with Crippen LogP contribution >= 0.6 is 0 Å². The second-order valence-corrected chi connectivity index (χ2v) is 8.84. The second kappa shape index (κ2) is 8.96. The lowest BCUT2D eigenvalue weighted by atomic mass is 9.85. The Labute approximate surface area is 182 Å². The summed E-state index contributed by atoms with van der Waals surface area (Å²) in [6.45, 7) is 6.38. The van der Waals surface area contributed by atoms with Gasteiger partial charge in [0.15, 0.2) is 5.82 Å². The quantitative estimate of drug-likeness (QED) is 0.626. The Morgan fingerprint density at radius 2 is 2.00 bits per heavy atom. The third-order valence-electron chi connectivity index (χ3n) is 5.34. The first kappa shape index (κ1) is 22.6. The number of nitrogens with one attached hydrogen (secondary N) is 1. The van der Waals surface area contributed by atoms with Crippen molar-refractivity contribution in [2.75, 3.05) is 18.4 Å². The van der Waals surface area contributed by atoms with E-state index >= 15 is 0 Å². The van der Waals surface area contributed by atoms with Gasteiger partial charge in [-0.1, -0.05) is 18.2 Å². The average Bonchev–Trinajstić information content (AvgIpc) is 3.13. The van der Waals surface area contributed by atoms with Crippen LogP contribution in [-0.2, 0) is 10.3 Å². The summed E-state index contributed by atoms with van der Waals surface area (Å²) in [5.41, 5.74) is 5.86. The van der Waals surface area contributed by atoms with Crippen molar-refractivity contribution in [1.82, 2.24) is 14.7 Å². The molecule has 1 saturated heterocycles. The molecule has 9 heteroatoms. The largest absolute Gasteiger partial charge is 0.444 e. The molecule has 166 valence electrons. The van der Waals surface area contributed by atoms with Gasteiger partial charge in [0.1, 0.15) is 11.8 Å². The van der Waals surface area contributed by atoms with Crippen molar-refractivity contribution in [1.29, 1.82) is 5.26 Å².